The number of pyridine rings is 2. The monoisotopic (exact) mass is 445 g/mol. The maximum atomic E-state index is 13.2. The van der Waals surface area contributed by atoms with Crippen LogP contribution in [0, 0.1) is 5.82 Å². The number of carbonyl (C=O) groups is 2. The highest BCUT2D eigenvalue weighted by atomic mass is 19.1. The highest BCUT2D eigenvalue weighted by Crippen LogP contribution is 2.44. The first-order valence-electron chi connectivity index (χ1n) is 11.1. The molecule has 1 amide bonds. The van der Waals surface area contributed by atoms with Crippen molar-refractivity contribution in [3.05, 3.63) is 83.1 Å². The number of amides is 1. The van der Waals surface area contributed by atoms with Crippen LogP contribution in [0.1, 0.15) is 63.2 Å². The van der Waals surface area contributed by atoms with E-state index in [1.54, 1.807) is 4.90 Å². The molecule has 0 N–H and O–H groups in total. The summed E-state index contributed by atoms with van der Waals surface area (Å²) in [5, 5.41) is 0. The lowest BCUT2D eigenvalue weighted by Gasteiger charge is -2.18. The Kier molecular flexibility index (Phi) is 5.62. The molecule has 33 heavy (non-hydrogen) atoms. The summed E-state index contributed by atoms with van der Waals surface area (Å²) in [7, 11) is 1.35. The molecule has 3 heterocycles. The van der Waals surface area contributed by atoms with E-state index in [1.165, 1.54) is 37.6 Å². The lowest BCUT2D eigenvalue weighted by atomic mass is 9.94. The van der Waals surface area contributed by atoms with E-state index in [4.69, 9.17) is 9.72 Å². The van der Waals surface area contributed by atoms with E-state index in [9.17, 15) is 14.0 Å². The molecule has 2 fully saturated rings. The van der Waals surface area contributed by atoms with Crippen LogP contribution in [0.4, 0.5) is 4.39 Å². The molecule has 1 aliphatic heterocycles. The van der Waals surface area contributed by atoms with Crippen LogP contribution in [-0.2, 0) is 4.74 Å². The van der Waals surface area contributed by atoms with E-state index in [0.717, 1.165) is 23.0 Å². The second-order valence-electron chi connectivity index (χ2n) is 8.59. The van der Waals surface area contributed by atoms with Crippen LogP contribution in [-0.4, -0.2) is 46.9 Å². The van der Waals surface area contributed by atoms with Gasteiger partial charge in [-0.05, 0) is 54.5 Å². The van der Waals surface area contributed by atoms with E-state index in [0.29, 0.717) is 31.1 Å². The van der Waals surface area contributed by atoms with Crippen LogP contribution in [0.25, 0.3) is 11.3 Å². The third-order valence-electron chi connectivity index (χ3n) is 6.42. The highest BCUT2D eigenvalue weighted by Gasteiger charge is 2.32. The predicted octanol–water partition coefficient (Wildman–Crippen LogP) is 4.58. The molecule has 1 unspecified atom stereocenters. The molecule has 6 nitrogen and oxygen atoms in total. The first-order valence-corrected chi connectivity index (χ1v) is 11.1. The zero-order chi connectivity index (χ0) is 22.9. The standard InChI is InChI=1S/C26H24FN3O3/c1-33-26(32)24-20(9-11-22(29-24)21-5-3-2-4-19(21)16-6-7-16)17-12-13-30(15-17)25(31)23-10-8-18(27)14-28-23/h2-5,8-11,14,16-17H,6-7,12-13,15H2,1H3. The SMILES string of the molecule is COC(=O)c1nc(-c2ccccc2C2CC2)ccc1C1CCN(C(=O)c2ccc(F)cn2)C1. The van der Waals surface area contributed by atoms with Crippen molar-refractivity contribution in [2.24, 2.45) is 0 Å². The summed E-state index contributed by atoms with van der Waals surface area (Å²) in [5.74, 6) is -0.716. The quantitative estimate of drug-likeness (QED) is 0.538. The lowest BCUT2D eigenvalue weighted by molar-refractivity contribution is 0.0592. The second-order valence-corrected chi connectivity index (χ2v) is 8.59. The van der Waals surface area contributed by atoms with E-state index in [-0.39, 0.29) is 17.5 Å². The number of benzene rings is 1. The molecule has 1 atom stereocenters. The number of carbonyl (C=O) groups excluding carboxylic acids is 2. The number of likely N-dealkylation sites (tertiary alicyclic amines) is 1. The molecule has 1 aromatic carbocycles. The van der Waals surface area contributed by atoms with E-state index in [2.05, 4.69) is 11.1 Å². The third kappa shape index (κ3) is 4.23. The maximum absolute atomic E-state index is 13.2. The van der Waals surface area contributed by atoms with Crippen LogP contribution in [0.15, 0.2) is 54.7 Å². The average Bonchev–Trinajstić information content (AvgIpc) is 3.59. The topological polar surface area (TPSA) is 72.4 Å². The number of esters is 1. The summed E-state index contributed by atoms with van der Waals surface area (Å²) in [5.41, 5.74) is 4.33. The fraction of sp³-hybridized carbons (Fsp3) is 0.308. The van der Waals surface area contributed by atoms with Crippen molar-refractivity contribution < 1.29 is 18.7 Å². The minimum atomic E-state index is -0.485. The largest absolute Gasteiger partial charge is 0.464 e. The van der Waals surface area contributed by atoms with Gasteiger partial charge in [0.25, 0.3) is 5.91 Å². The van der Waals surface area contributed by atoms with Gasteiger partial charge in [-0.25, -0.2) is 19.2 Å². The molecule has 2 aliphatic rings. The lowest BCUT2D eigenvalue weighted by Crippen LogP contribution is -2.29. The van der Waals surface area contributed by atoms with Gasteiger partial charge in [0.15, 0.2) is 5.69 Å². The molecular formula is C26H24FN3O3. The van der Waals surface area contributed by atoms with E-state index >= 15 is 0 Å². The van der Waals surface area contributed by atoms with Crippen molar-refractivity contribution in [1.82, 2.24) is 14.9 Å². The van der Waals surface area contributed by atoms with Crippen molar-refractivity contribution in [2.45, 2.75) is 31.1 Å². The number of ether oxygens (including phenoxy) is 1. The number of aromatic nitrogens is 2. The van der Waals surface area contributed by atoms with Gasteiger partial charge in [-0.1, -0.05) is 30.3 Å². The normalized spacial score (nSPS) is 17.8. The molecular weight excluding hydrogens is 421 g/mol. The molecule has 0 radical (unpaired) electrons. The molecule has 7 heteroatoms. The van der Waals surface area contributed by atoms with Gasteiger partial charge in [0.05, 0.1) is 19.0 Å². The summed E-state index contributed by atoms with van der Waals surface area (Å²) in [6, 6.07) is 14.7. The van der Waals surface area contributed by atoms with E-state index in [1.807, 2.05) is 30.3 Å². The number of halogens is 1. The summed E-state index contributed by atoms with van der Waals surface area (Å²) in [4.78, 5) is 35.8. The summed E-state index contributed by atoms with van der Waals surface area (Å²) < 4.78 is 18.2. The molecule has 1 saturated carbocycles. The van der Waals surface area contributed by atoms with Crippen LogP contribution in [0.3, 0.4) is 0 Å². The van der Waals surface area contributed by atoms with Gasteiger partial charge >= 0.3 is 5.97 Å². The van der Waals surface area contributed by atoms with Gasteiger partial charge in [0.1, 0.15) is 11.5 Å². The minimum Gasteiger partial charge on any atom is -0.464 e. The van der Waals surface area contributed by atoms with E-state index < -0.39 is 11.8 Å². The van der Waals surface area contributed by atoms with Crippen molar-refractivity contribution in [2.75, 3.05) is 20.2 Å². The number of methoxy groups -OCH3 is 1. The Labute approximate surface area is 191 Å². The number of hydrogen-bond acceptors (Lipinski definition) is 5. The van der Waals surface area contributed by atoms with Crippen molar-refractivity contribution >= 4 is 11.9 Å². The van der Waals surface area contributed by atoms with Gasteiger partial charge in [0.2, 0.25) is 0 Å². The minimum absolute atomic E-state index is 0.0521. The molecule has 0 bridgehead atoms. The maximum Gasteiger partial charge on any atom is 0.356 e. The Morgan fingerprint density at radius 2 is 1.82 bits per heavy atom. The van der Waals surface area contributed by atoms with Gasteiger partial charge in [0, 0.05) is 24.6 Å². The third-order valence-corrected chi connectivity index (χ3v) is 6.42. The molecule has 1 aliphatic carbocycles. The fourth-order valence-electron chi connectivity index (χ4n) is 4.55. The zero-order valence-electron chi connectivity index (χ0n) is 18.3. The summed E-state index contributed by atoms with van der Waals surface area (Å²) >= 11 is 0. The number of nitrogens with zero attached hydrogens (tertiary/aromatic N) is 3. The van der Waals surface area contributed by atoms with Crippen molar-refractivity contribution in [3.8, 4) is 11.3 Å². The van der Waals surface area contributed by atoms with Crippen molar-refractivity contribution in [3.63, 3.8) is 0 Å². The van der Waals surface area contributed by atoms with Crippen LogP contribution in [0.2, 0.25) is 0 Å². The average molecular weight is 445 g/mol. The van der Waals surface area contributed by atoms with Gasteiger partial charge in [-0.15, -0.1) is 0 Å². The first kappa shape index (κ1) is 21.2. The molecule has 5 rings (SSSR count). The number of hydrogen-bond donors (Lipinski definition) is 0. The van der Waals surface area contributed by atoms with Gasteiger partial charge in [-0.3, -0.25) is 4.79 Å². The highest BCUT2D eigenvalue weighted by molar-refractivity contribution is 5.93. The molecule has 3 aromatic rings. The Balaban J connectivity index is 1.43. The fourth-order valence-corrected chi connectivity index (χ4v) is 4.55. The molecule has 0 spiro atoms. The molecule has 2 aromatic heterocycles. The van der Waals surface area contributed by atoms with Gasteiger partial charge < -0.3 is 9.64 Å². The Morgan fingerprint density at radius 1 is 1.00 bits per heavy atom. The van der Waals surface area contributed by atoms with Crippen molar-refractivity contribution in [1.29, 1.82) is 0 Å². The molecule has 1 saturated heterocycles. The predicted molar refractivity (Wildman–Crippen MR) is 120 cm³/mol. The second kappa shape index (κ2) is 8.73. The van der Waals surface area contributed by atoms with Crippen LogP contribution in [0.5, 0.6) is 0 Å². The zero-order valence-corrected chi connectivity index (χ0v) is 18.3. The summed E-state index contributed by atoms with van der Waals surface area (Å²) in [6.07, 6.45) is 4.08. The molecule has 168 valence electrons. The smallest absolute Gasteiger partial charge is 0.356 e. The Morgan fingerprint density at radius 3 is 2.55 bits per heavy atom. The Hall–Kier alpha value is -3.61. The summed E-state index contributed by atoms with van der Waals surface area (Å²) in [6.45, 7) is 0.955. The van der Waals surface area contributed by atoms with Gasteiger partial charge in [-0.2, -0.15) is 0 Å². The van der Waals surface area contributed by atoms with Crippen LogP contribution < -0.4 is 0 Å². The number of rotatable bonds is 5. The first-order chi connectivity index (χ1) is 16.0. The Bertz CT molecular complexity index is 1210. The van der Waals surface area contributed by atoms with Crippen LogP contribution >= 0.6 is 0 Å².